The van der Waals surface area contributed by atoms with Crippen LogP contribution in [0.25, 0.3) is 0 Å². The molecule has 0 bridgehead atoms. The second-order valence-corrected chi connectivity index (χ2v) is 3.40. The highest BCUT2D eigenvalue weighted by Gasteiger charge is 2.21. The van der Waals surface area contributed by atoms with Crippen LogP contribution < -0.4 is 10.3 Å². The lowest BCUT2D eigenvalue weighted by atomic mass is 10.3. The molecule has 2 rings (SSSR count). The molecule has 88 valence electrons. The first-order valence-electron chi connectivity index (χ1n) is 5.28. The van der Waals surface area contributed by atoms with E-state index in [1.165, 1.54) is 0 Å². The Morgan fingerprint density at radius 1 is 1.59 bits per heavy atom. The van der Waals surface area contributed by atoms with Crippen molar-refractivity contribution in [2.24, 2.45) is 5.10 Å². The predicted molar refractivity (Wildman–Crippen MR) is 66.8 cm³/mol. The van der Waals surface area contributed by atoms with Crippen molar-refractivity contribution in [3.8, 4) is 0 Å². The maximum Gasteiger partial charge on any atom is 0.351 e. The van der Waals surface area contributed by atoms with Crippen molar-refractivity contribution >= 4 is 23.6 Å². The summed E-state index contributed by atoms with van der Waals surface area (Å²) >= 11 is 0. The maximum absolute atomic E-state index is 11.2. The largest absolute Gasteiger partial charge is 0.462 e. The highest BCUT2D eigenvalue weighted by atomic mass is 16.5. The molecule has 1 aliphatic heterocycles. The zero-order chi connectivity index (χ0) is 12.3. The number of hydrogen-bond donors (Lipinski definition) is 1. The summed E-state index contributed by atoms with van der Waals surface area (Å²) in [6, 6.07) is 7.62. The van der Waals surface area contributed by atoms with Gasteiger partial charge in [0.25, 0.3) is 0 Å². The summed E-state index contributed by atoms with van der Waals surface area (Å²) in [7, 11) is 0. The van der Waals surface area contributed by atoms with Crippen molar-refractivity contribution in [1.29, 1.82) is 0 Å². The van der Waals surface area contributed by atoms with E-state index in [9.17, 15) is 4.79 Å². The molecule has 0 spiro atoms. The fraction of sp³-hybridized carbons (Fsp3) is 0.167. The SMILES string of the molecule is C=C1Nc2ccccc2N1N=CC(=O)OCC. The number of carbonyl (C=O) groups excluding carboxylic acids is 1. The smallest absolute Gasteiger partial charge is 0.351 e. The highest BCUT2D eigenvalue weighted by Crippen LogP contribution is 2.35. The van der Waals surface area contributed by atoms with Crippen LogP contribution in [-0.2, 0) is 9.53 Å². The van der Waals surface area contributed by atoms with E-state index < -0.39 is 5.97 Å². The third-order valence-electron chi connectivity index (χ3n) is 2.23. The number of nitrogens with zero attached hydrogens (tertiary/aromatic N) is 2. The molecule has 0 atom stereocenters. The zero-order valence-corrected chi connectivity index (χ0v) is 9.51. The van der Waals surface area contributed by atoms with Crippen LogP contribution in [0.5, 0.6) is 0 Å². The number of para-hydroxylation sites is 2. The fourth-order valence-electron chi connectivity index (χ4n) is 1.53. The van der Waals surface area contributed by atoms with E-state index in [4.69, 9.17) is 4.74 Å². The number of fused-ring (bicyclic) bond motifs is 1. The van der Waals surface area contributed by atoms with Gasteiger partial charge in [-0.1, -0.05) is 18.7 Å². The van der Waals surface area contributed by atoms with Crippen LogP contribution in [0.2, 0.25) is 0 Å². The zero-order valence-electron chi connectivity index (χ0n) is 9.51. The lowest BCUT2D eigenvalue weighted by molar-refractivity contribution is -0.134. The Labute approximate surface area is 99.4 Å². The number of hydrazone groups is 1. The van der Waals surface area contributed by atoms with Crippen LogP contribution in [0, 0.1) is 0 Å². The van der Waals surface area contributed by atoms with Gasteiger partial charge in [-0.3, -0.25) is 0 Å². The van der Waals surface area contributed by atoms with E-state index in [-0.39, 0.29) is 0 Å². The topological polar surface area (TPSA) is 53.9 Å². The van der Waals surface area contributed by atoms with Gasteiger partial charge in [-0.05, 0) is 19.1 Å². The second-order valence-electron chi connectivity index (χ2n) is 3.40. The van der Waals surface area contributed by atoms with Crippen LogP contribution in [0.15, 0.2) is 41.8 Å². The summed E-state index contributed by atoms with van der Waals surface area (Å²) in [5.41, 5.74) is 1.77. The lowest BCUT2D eigenvalue weighted by Crippen LogP contribution is -2.15. The molecule has 0 unspecified atom stereocenters. The number of benzene rings is 1. The molecular weight excluding hydrogens is 218 g/mol. The van der Waals surface area contributed by atoms with E-state index >= 15 is 0 Å². The molecule has 0 aliphatic carbocycles. The minimum Gasteiger partial charge on any atom is -0.462 e. The van der Waals surface area contributed by atoms with Crippen LogP contribution in [0.4, 0.5) is 11.4 Å². The molecule has 0 amide bonds. The Morgan fingerprint density at radius 2 is 2.35 bits per heavy atom. The Balaban J connectivity index is 2.17. The Morgan fingerprint density at radius 3 is 3.12 bits per heavy atom. The molecule has 5 heteroatoms. The molecule has 1 heterocycles. The van der Waals surface area contributed by atoms with Crippen molar-refractivity contribution in [2.75, 3.05) is 16.9 Å². The van der Waals surface area contributed by atoms with Crippen molar-refractivity contribution in [3.63, 3.8) is 0 Å². The third kappa shape index (κ3) is 2.28. The molecule has 0 fully saturated rings. The minimum absolute atomic E-state index is 0.334. The number of rotatable bonds is 3. The van der Waals surface area contributed by atoms with E-state index in [2.05, 4.69) is 17.0 Å². The molecule has 5 nitrogen and oxygen atoms in total. The van der Waals surface area contributed by atoms with Gasteiger partial charge >= 0.3 is 5.97 Å². The summed E-state index contributed by atoms with van der Waals surface area (Å²) in [5, 5.41) is 8.67. The number of nitrogens with one attached hydrogen (secondary N) is 1. The first-order valence-corrected chi connectivity index (χ1v) is 5.28. The number of carbonyl (C=O) groups is 1. The average molecular weight is 231 g/mol. The Kier molecular flexibility index (Phi) is 3.09. The molecule has 0 radical (unpaired) electrons. The van der Waals surface area contributed by atoms with Crippen LogP contribution in [0.1, 0.15) is 6.92 Å². The third-order valence-corrected chi connectivity index (χ3v) is 2.23. The summed E-state index contributed by atoms with van der Waals surface area (Å²) in [5.74, 6) is 0.136. The first kappa shape index (κ1) is 11.2. The highest BCUT2D eigenvalue weighted by molar-refractivity contribution is 6.23. The fourth-order valence-corrected chi connectivity index (χ4v) is 1.53. The summed E-state index contributed by atoms with van der Waals surface area (Å²) in [6.45, 7) is 5.90. The normalized spacial score (nSPS) is 13.7. The van der Waals surface area contributed by atoms with Crippen molar-refractivity contribution in [1.82, 2.24) is 0 Å². The lowest BCUT2D eigenvalue weighted by Gasteiger charge is -2.11. The van der Waals surface area contributed by atoms with Gasteiger partial charge in [0.1, 0.15) is 12.0 Å². The molecule has 1 aliphatic rings. The molecule has 0 aromatic heterocycles. The van der Waals surface area contributed by atoms with E-state index in [0.717, 1.165) is 17.6 Å². The van der Waals surface area contributed by atoms with Gasteiger partial charge in [0.2, 0.25) is 0 Å². The number of anilines is 2. The molecule has 0 saturated heterocycles. The monoisotopic (exact) mass is 231 g/mol. The molecule has 1 aromatic carbocycles. The van der Waals surface area contributed by atoms with Crippen LogP contribution >= 0.6 is 0 Å². The van der Waals surface area contributed by atoms with E-state index in [1.54, 1.807) is 11.9 Å². The van der Waals surface area contributed by atoms with Crippen LogP contribution in [0.3, 0.4) is 0 Å². The standard InChI is InChI=1S/C12H13N3O2/c1-3-17-12(16)8-13-15-9(2)14-10-6-4-5-7-11(10)15/h4-8,14H,2-3H2,1H3. The number of esters is 1. The summed E-state index contributed by atoms with van der Waals surface area (Å²) in [4.78, 5) is 11.2. The first-order chi connectivity index (χ1) is 8.22. The number of ether oxygens (including phenoxy) is 1. The van der Waals surface area contributed by atoms with Gasteiger partial charge in [-0.25, -0.2) is 9.80 Å². The molecule has 0 saturated carbocycles. The summed E-state index contributed by atoms with van der Waals surface area (Å²) < 4.78 is 4.76. The van der Waals surface area contributed by atoms with Crippen molar-refractivity contribution in [2.45, 2.75) is 6.92 Å². The van der Waals surface area contributed by atoms with Crippen molar-refractivity contribution < 1.29 is 9.53 Å². The van der Waals surface area contributed by atoms with Crippen LogP contribution in [-0.4, -0.2) is 18.8 Å². The Bertz CT molecular complexity index is 482. The molecular formula is C12H13N3O2. The van der Waals surface area contributed by atoms with Gasteiger partial charge in [0.15, 0.2) is 0 Å². The van der Waals surface area contributed by atoms with Crippen molar-refractivity contribution in [3.05, 3.63) is 36.7 Å². The average Bonchev–Trinajstić information content (AvgIpc) is 2.62. The van der Waals surface area contributed by atoms with Gasteiger partial charge in [-0.2, -0.15) is 5.10 Å². The van der Waals surface area contributed by atoms with Gasteiger partial charge in [0, 0.05) is 0 Å². The van der Waals surface area contributed by atoms with E-state index in [0.29, 0.717) is 12.4 Å². The molecule has 17 heavy (non-hydrogen) atoms. The van der Waals surface area contributed by atoms with Gasteiger partial charge in [0.05, 0.1) is 18.0 Å². The number of hydrogen-bond acceptors (Lipinski definition) is 5. The molecule has 1 N–H and O–H groups in total. The van der Waals surface area contributed by atoms with Gasteiger partial charge < -0.3 is 10.1 Å². The minimum atomic E-state index is -0.468. The quantitative estimate of drug-likeness (QED) is 0.638. The van der Waals surface area contributed by atoms with E-state index in [1.807, 2.05) is 24.3 Å². The Hall–Kier alpha value is -2.30. The van der Waals surface area contributed by atoms with Gasteiger partial charge in [-0.15, -0.1) is 0 Å². The predicted octanol–water partition coefficient (Wildman–Crippen LogP) is 1.94. The molecule has 1 aromatic rings. The maximum atomic E-state index is 11.2. The summed E-state index contributed by atoms with van der Waals surface area (Å²) in [6.07, 6.45) is 1.14. The second kappa shape index (κ2) is 4.69.